The minimum Gasteiger partial charge on any atom is -0.303 e. The molecule has 0 heterocycles. The van der Waals surface area contributed by atoms with E-state index in [0.717, 1.165) is 11.9 Å². The van der Waals surface area contributed by atoms with E-state index in [-0.39, 0.29) is 12.3 Å². The molecule has 0 aromatic rings. The summed E-state index contributed by atoms with van der Waals surface area (Å²) in [7, 11) is 0. The number of aldehydes is 1. The third-order valence-electron chi connectivity index (χ3n) is 1.55. The first-order valence-electron chi connectivity index (χ1n) is 4.33. The van der Waals surface area contributed by atoms with Crippen LogP contribution in [0.4, 0.5) is 0 Å². The topological polar surface area (TPSA) is 66.4 Å². The van der Waals surface area contributed by atoms with Crippen molar-refractivity contribution < 1.29 is 14.8 Å². The van der Waals surface area contributed by atoms with E-state index < -0.39 is 5.91 Å². The molecule has 0 fully saturated rings. The monoisotopic (exact) mass is 197 g/mol. The maximum atomic E-state index is 10.6. The van der Waals surface area contributed by atoms with Crippen LogP contribution in [-0.2, 0) is 9.59 Å². The Hall–Kier alpha value is -1.42. The van der Waals surface area contributed by atoms with Gasteiger partial charge in [0.25, 0.3) is 0 Å². The first kappa shape index (κ1) is 12.6. The molecule has 4 nitrogen and oxygen atoms in total. The van der Waals surface area contributed by atoms with Crippen LogP contribution in [0.1, 0.15) is 20.3 Å². The van der Waals surface area contributed by atoms with Gasteiger partial charge in [-0.05, 0) is 6.92 Å². The molecular weight excluding hydrogens is 182 g/mol. The second-order valence-electron chi connectivity index (χ2n) is 3.05. The molecule has 14 heavy (non-hydrogen) atoms. The Labute approximate surface area is 83.3 Å². The van der Waals surface area contributed by atoms with Crippen LogP contribution in [0.2, 0.25) is 0 Å². The third-order valence-corrected chi connectivity index (χ3v) is 1.55. The molecule has 78 valence electrons. The van der Waals surface area contributed by atoms with Crippen molar-refractivity contribution in [3.05, 3.63) is 23.8 Å². The normalized spacial score (nSPS) is 14.1. The zero-order valence-electron chi connectivity index (χ0n) is 8.36. The van der Waals surface area contributed by atoms with Gasteiger partial charge in [-0.1, -0.05) is 30.7 Å². The van der Waals surface area contributed by atoms with Gasteiger partial charge in [0, 0.05) is 12.3 Å². The highest BCUT2D eigenvalue weighted by atomic mass is 16.5. The molecule has 0 radical (unpaired) electrons. The fourth-order valence-corrected chi connectivity index (χ4v) is 0.907. The lowest BCUT2D eigenvalue weighted by atomic mass is 10.1. The van der Waals surface area contributed by atoms with Gasteiger partial charge in [0.2, 0.25) is 5.91 Å². The van der Waals surface area contributed by atoms with E-state index in [0.29, 0.717) is 0 Å². The molecule has 2 N–H and O–H groups in total. The number of hydroxylamine groups is 1. The number of allylic oxidation sites excluding steroid dienone is 3. The summed E-state index contributed by atoms with van der Waals surface area (Å²) in [5.74, 6) is -0.580. The summed E-state index contributed by atoms with van der Waals surface area (Å²) in [4.78, 5) is 20.9. The Balaban J connectivity index is 4.04. The van der Waals surface area contributed by atoms with Crippen LogP contribution in [0.3, 0.4) is 0 Å². The Morgan fingerprint density at radius 3 is 2.71 bits per heavy atom. The smallest absolute Gasteiger partial charge is 0.247 e. The number of rotatable bonds is 5. The van der Waals surface area contributed by atoms with Crippen LogP contribution in [-0.4, -0.2) is 17.4 Å². The van der Waals surface area contributed by atoms with Crippen LogP contribution in [0.25, 0.3) is 0 Å². The summed E-state index contributed by atoms with van der Waals surface area (Å²) in [5, 5.41) is 8.19. The van der Waals surface area contributed by atoms with Crippen LogP contribution in [0, 0.1) is 5.92 Å². The number of carbonyl (C=O) groups is 2. The van der Waals surface area contributed by atoms with Crippen molar-refractivity contribution in [3.63, 3.8) is 0 Å². The van der Waals surface area contributed by atoms with Crippen LogP contribution in [0.5, 0.6) is 0 Å². The zero-order valence-corrected chi connectivity index (χ0v) is 8.36. The van der Waals surface area contributed by atoms with Gasteiger partial charge in [0.1, 0.15) is 6.29 Å². The number of nitrogens with one attached hydrogen (secondary N) is 1. The molecule has 0 saturated carbocycles. The Morgan fingerprint density at radius 2 is 2.21 bits per heavy atom. The molecule has 1 atom stereocenters. The molecule has 4 heteroatoms. The van der Waals surface area contributed by atoms with Crippen molar-refractivity contribution in [1.82, 2.24) is 5.48 Å². The van der Waals surface area contributed by atoms with Gasteiger partial charge in [-0.15, -0.1) is 0 Å². The lowest BCUT2D eigenvalue weighted by Crippen LogP contribution is -2.16. The average molecular weight is 197 g/mol. The molecule has 0 saturated heterocycles. The molecule has 0 spiro atoms. The molecule has 0 rings (SSSR count). The van der Waals surface area contributed by atoms with Gasteiger partial charge >= 0.3 is 0 Å². The molecule has 0 aliphatic rings. The maximum absolute atomic E-state index is 10.6. The van der Waals surface area contributed by atoms with E-state index in [4.69, 9.17) is 5.21 Å². The van der Waals surface area contributed by atoms with E-state index in [1.807, 2.05) is 6.92 Å². The number of hydrogen-bond donors (Lipinski definition) is 2. The highest BCUT2D eigenvalue weighted by Gasteiger charge is 1.95. The van der Waals surface area contributed by atoms with Crippen molar-refractivity contribution >= 4 is 12.2 Å². The second kappa shape index (κ2) is 7.03. The van der Waals surface area contributed by atoms with E-state index in [2.05, 4.69) is 0 Å². The molecule has 0 aromatic carbocycles. The molecule has 0 bridgehead atoms. The lowest BCUT2D eigenvalue weighted by molar-refractivity contribution is -0.128. The molecule has 0 aromatic heterocycles. The van der Waals surface area contributed by atoms with Gasteiger partial charge in [-0.25, -0.2) is 5.48 Å². The largest absolute Gasteiger partial charge is 0.303 e. The maximum Gasteiger partial charge on any atom is 0.247 e. The van der Waals surface area contributed by atoms with Crippen molar-refractivity contribution in [2.75, 3.05) is 0 Å². The zero-order chi connectivity index (χ0) is 11.0. The Bertz CT molecular complexity index is 256. The Morgan fingerprint density at radius 1 is 1.57 bits per heavy atom. The summed E-state index contributed by atoms with van der Waals surface area (Å²) in [5.41, 5.74) is 2.44. The SMILES string of the molecule is C/C(C=CCC(=O)NO)=C\C(C)C=O. The molecule has 1 unspecified atom stereocenters. The highest BCUT2D eigenvalue weighted by Crippen LogP contribution is 2.02. The minimum absolute atomic E-state index is 0.119. The fourth-order valence-electron chi connectivity index (χ4n) is 0.907. The predicted molar refractivity (Wildman–Crippen MR) is 52.7 cm³/mol. The van der Waals surface area contributed by atoms with Gasteiger partial charge in [-0.3, -0.25) is 10.0 Å². The van der Waals surface area contributed by atoms with Crippen molar-refractivity contribution in [2.24, 2.45) is 5.92 Å². The summed E-state index contributed by atoms with van der Waals surface area (Å²) < 4.78 is 0. The first-order valence-corrected chi connectivity index (χ1v) is 4.33. The standard InChI is InChI=1S/C10H15NO3/c1-8(6-9(2)7-12)4-3-5-10(13)11-14/h3-4,6-7,9,14H,5H2,1-2H3,(H,11,13)/b4-3?,8-6+. The minimum atomic E-state index is -0.461. The highest BCUT2D eigenvalue weighted by molar-refractivity contribution is 5.76. The number of amides is 1. The van der Waals surface area contributed by atoms with E-state index in [1.54, 1.807) is 25.2 Å². The summed E-state index contributed by atoms with van der Waals surface area (Å²) in [6, 6.07) is 0. The number of carbonyl (C=O) groups excluding carboxylic acids is 2. The van der Waals surface area contributed by atoms with Gasteiger partial charge in [-0.2, -0.15) is 0 Å². The number of hydrogen-bond acceptors (Lipinski definition) is 3. The van der Waals surface area contributed by atoms with Crippen molar-refractivity contribution in [3.8, 4) is 0 Å². The molecule has 0 aliphatic heterocycles. The van der Waals surface area contributed by atoms with Gasteiger partial charge in [0.05, 0.1) is 0 Å². The van der Waals surface area contributed by atoms with Crippen LogP contribution < -0.4 is 5.48 Å². The Kier molecular flexibility index (Phi) is 6.32. The van der Waals surface area contributed by atoms with Crippen molar-refractivity contribution in [1.29, 1.82) is 0 Å². The summed E-state index contributed by atoms with van der Waals surface area (Å²) in [6.45, 7) is 3.62. The summed E-state index contributed by atoms with van der Waals surface area (Å²) >= 11 is 0. The summed E-state index contributed by atoms with van der Waals surface area (Å²) in [6.07, 6.45) is 6.11. The predicted octanol–water partition coefficient (Wildman–Crippen LogP) is 1.22. The quantitative estimate of drug-likeness (QED) is 0.301. The van der Waals surface area contributed by atoms with Gasteiger partial charge < -0.3 is 4.79 Å². The second-order valence-corrected chi connectivity index (χ2v) is 3.05. The average Bonchev–Trinajstić information content (AvgIpc) is 2.17. The lowest BCUT2D eigenvalue weighted by Gasteiger charge is -1.96. The van der Waals surface area contributed by atoms with E-state index in [9.17, 15) is 9.59 Å². The van der Waals surface area contributed by atoms with Crippen molar-refractivity contribution in [2.45, 2.75) is 20.3 Å². The van der Waals surface area contributed by atoms with E-state index >= 15 is 0 Å². The third kappa shape index (κ3) is 6.14. The van der Waals surface area contributed by atoms with Crippen LogP contribution >= 0.6 is 0 Å². The van der Waals surface area contributed by atoms with Gasteiger partial charge in [0.15, 0.2) is 0 Å². The first-order chi connectivity index (χ1) is 6.60. The molecule has 1 amide bonds. The fraction of sp³-hybridized carbons (Fsp3) is 0.400. The van der Waals surface area contributed by atoms with Crippen LogP contribution in [0.15, 0.2) is 23.8 Å². The molecule has 0 aliphatic carbocycles. The molecular formula is C10H15NO3. The van der Waals surface area contributed by atoms with E-state index in [1.165, 1.54) is 5.48 Å².